The van der Waals surface area contributed by atoms with Gasteiger partial charge in [0, 0.05) is 17.8 Å². The molecule has 1 rings (SSSR count). The number of rotatable bonds is 5. The molecule has 0 saturated carbocycles. The number of hydrogen-bond acceptors (Lipinski definition) is 3. The molecule has 1 aromatic rings. The van der Waals surface area contributed by atoms with Crippen molar-refractivity contribution < 1.29 is 4.79 Å². The van der Waals surface area contributed by atoms with Crippen LogP contribution < -0.4 is 5.32 Å². The summed E-state index contributed by atoms with van der Waals surface area (Å²) in [5.74, 6) is 0.0760. The van der Waals surface area contributed by atoms with Crippen LogP contribution in [-0.4, -0.2) is 12.5 Å². The first-order valence-corrected chi connectivity index (χ1v) is 6.21. The largest absolute Gasteiger partial charge is 0.356 e. The molecule has 0 aliphatic heterocycles. The molecule has 1 amide bonds. The fraction of sp³-hybridized carbons (Fsp3) is 0.500. The van der Waals surface area contributed by atoms with Gasteiger partial charge in [-0.05, 0) is 17.4 Å². The molecule has 1 unspecified atom stereocenters. The van der Waals surface area contributed by atoms with Crippen molar-refractivity contribution in [2.45, 2.75) is 26.2 Å². The third kappa shape index (κ3) is 4.03. The second kappa shape index (κ2) is 6.29. The average molecular weight is 236 g/mol. The highest BCUT2D eigenvalue weighted by Crippen LogP contribution is 2.23. The summed E-state index contributed by atoms with van der Waals surface area (Å²) in [6.07, 6.45) is 0.254. The van der Waals surface area contributed by atoms with E-state index in [1.54, 1.807) is 0 Å². The second-order valence-corrected chi connectivity index (χ2v) is 5.08. The molecule has 0 radical (unpaired) electrons. The van der Waals surface area contributed by atoms with Crippen LogP contribution in [0.15, 0.2) is 17.5 Å². The van der Waals surface area contributed by atoms with Gasteiger partial charge < -0.3 is 5.32 Å². The Morgan fingerprint density at radius 2 is 2.38 bits per heavy atom. The van der Waals surface area contributed by atoms with Crippen LogP contribution in [0.3, 0.4) is 0 Å². The molecule has 16 heavy (non-hydrogen) atoms. The molecule has 0 bridgehead atoms. The standard InChI is InChI=1S/C12H16N2OS/c1-9(2)8-14-12(15)6-10(7-13)11-4-3-5-16-11/h3-5,9-10H,6,8H2,1-2H3,(H,14,15). The summed E-state index contributed by atoms with van der Waals surface area (Å²) in [7, 11) is 0. The Kier molecular flexibility index (Phi) is 5.00. The van der Waals surface area contributed by atoms with Crippen molar-refractivity contribution in [2.24, 2.45) is 5.92 Å². The highest BCUT2D eigenvalue weighted by molar-refractivity contribution is 7.10. The van der Waals surface area contributed by atoms with Gasteiger partial charge in [0.1, 0.15) is 0 Å². The van der Waals surface area contributed by atoms with Crippen LogP contribution in [0.1, 0.15) is 31.1 Å². The van der Waals surface area contributed by atoms with E-state index in [1.807, 2.05) is 31.4 Å². The number of nitrogens with zero attached hydrogens (tertiary/aromatic N) is 1. The van der Waals surface area contributed by atoms with Gasteiger partial charge in [-0.2, -0.15) is 5.26 Å². The van der Waals surface area contributed by atoms with E-state index in [0.29, 0.717) is 12.5 Å². The van der Waals surface area contributed by atoms with Gasteiger partial charge in [-0.25, -0.2) is 0 Å². The van der Waals surface area contributed by atoms with Gasteiger partial charge in [0.05, 0.1) is 12.0 Å². The van der Waals surface area contributed by atoms with Crippen LogP contribution >= 0.6 is 11.3 Å². The molecule has 3 nitrogen and oxygen atoms in total. The summed E-state index contributed by atoms with van der Waals surface area (Å²) in [5.41, 5.74) is 0. The van der Waals surface area contributed by atoms with E-state index in [9.17, 15) is 4.79 Å². The molecule has 1 N–H and O–H groups in total. The molecule has 1 heterocycles. The summed E-state index contributed by atoms with van der Waals surface area (Å²) in [4.78, 5) is 12.5. The Morgan fingerprint density at radius 1 is 1.62 bits per heavy atom. The van der Waals surface area contributed by atoms with Gasteiger partial charge in [-0.1, -0.05) is 19.9 Å². The molecule has 1 atom stereocenters. The van der Waals surface area contributed by atoms with Gasteiger partial charge in [-0.15, -0.1) is 11.3 Å². The average Bonchev–Trinajstić information content (AvgIpc) is 2.76. The second-order valence-electron chi connectivity index (χ2n) is 4.10. The predicted octanol–water partition coefficient (Wildman–Crippen LogP) is 2.52. The monoisotopic (exact) mass is 236 g/mol. The number of nitrogens with one attached hydrogen (secondary N) is 1. The zero-order valence-electron chi connectivity index (χ0n) is 9.56. The molecule has 4 heteroatoms. The fourth-order valence-corrected chi connectivity index (χ4v) is 2.05. The van der Waals surface area contributed by atoms with Gasteiger partial charge in [0.2, 0.25) is 5.91 Å². The number of hydrogen-bond donors (Lipinski definition) is 1. The normalized spacial score (nSPS) is 12.1. The molecule has 0 aromatic carbocycles. The van der Waals surface area contributed by atoms with Crippen molar-refractivity contribution in [3.63, 3.8) is 0 Å². The third-order valence-corrected chi connectivity index (χ3v) is 3.13. The van der Waals surface area contributed by atoms with Crippen LogP contribution in [0.4, 0.5) is 0 Å². The van der Waals surface area contributed by atoms with E-state index in [-0.39, 0.29) is 18.2 Å². The summed E-state index contributed by atoms with van der Waals surface area (Å²) < 4.78 is 0. The maximum Gasteiger partial charge on any atom is 0.221 e. The Balaban J connectivity index is 2.46. The van der Waals surface area contributed by atoms with Gasteiger partial charge >= 0.3 is 0 Å². The molecule has 0 aliphatic rings. The first kappa shape index (κ1) is 12.7. The molecule has 86 valence electrons. The molecular weight excluding hydrogens is 220 g/mol. The van der Waals surface area contributed by atoms with Crippen molar-refractivity contribution in [2.75, 3.05) is 6.54 Å². The predicted molar refractivity (Wildman–Crippen MR) is 65.1 cm³/mol. The van der Waals surface area contributed by atoms with Crippen LogP contribution in [0.5, 0.6) is 0 Å². The smallest absolute Gasteiger partial charge is 0.221 e. The maximum absolute atomic E-state index is 11.6. The minimum atomic E-state index is -0.313. The SMILES string of the molecule is CC(C)CNC(=O)CC(C#N)c1cccs1. The van der Waals surface area contributed by atoms with Gasteiger partial charge in [0.15, 0.2) is 0 Å². The lowest BCUT2D eigenvalue weighted by atomic mass is 10.1. The topological polar surface area (TPSA) is 52.9 Å². The highest BCUT2D eigenvalue weighted by atomic mass is 32.1. The maximum atomic E-state index is 11.6. The van der Waals surface area contributed by atoms with Crippen molar-refractivity contribution in [1.82, 2.24) is 5.32 Å². The van der Waals surface area contributed by atoms with E-state index in [1.165, 1.54) is 11.3 Å². The van der Waals surface area contributed by atoms with Crippen LogP contribution in [0.2, 0.25) is 0 Å². The van der Waals surface area contributed by atoms with Crippen LogP contribution in [0.25, 0.3) is 0 Å². The number of thiophene rings is 1. The number of nitriles is 1. The van der Waals surface area contributed by atoms with Gasteiger partial charge in [-0.3, -0.25) is 4.79 Å². The number of carbonyl (C=O) groups excluding carboxylic acids is 1. The fourth-order valence-electron chi connectivity index (χ4n) is 1.27. The molecule has 1 aromatic heterocycles. The lowest BCUT2D eigenvalue weighted by Gasteiger charge is -2.09. The van der Waals surface area contributed by atoms with Crippen molar-refractivity contribution in [1.29, 1.82) is 5.26 Å². The van der Waals surface area contributed by atoms with E-state index in [4.69, 9.17) is 5.26 Å². The van der Waals surface area contributed by atoms with Crippen LogP contribution in [-0.2, 0) is 4.79 Å². The Hall–Kier alpha value is -1.34. The first-order valence-electron chi connectivity index (χ1n) is 5.33. The van der Waals surface area contributed by atoms with E-state index >= 15 is 0 Å². The van der Waals surface area contributed by atoms with E-state index in [0.717, 1.165) is 4.88 Å². The molecule has 0 saturated heterocycles. The molecule has 0 fully saturated rings. The summed E-state index contributed by atoms with van der Waals surface area (Å²) in [6, 6.07) is 5.97. The lowest BCUT2D eigenvalue weighted by molar-refractivity contribution is -0.121. The summed E-state index contributed by atoms with van der Waals surface area (Å²) in [6.45, 7) is 4.75. The summed E-state index contributed by atoms with van der Waals surface area (Å²) in [5, 5.41) is 13.7. The molecule has 0 spiro atoms. The van der Waals surface area contributed by atoms with Crippen LogP contribution in [0, 0.1) is 17.2 Å². The molecular formula is C12H16N2OS. The third-order valence-electron chi connectivity index (χ3n) is 2.14. The van der Waals surface area contributed by atoms with Gasteiger partial charge in [0.25, 0.3) is 0 Å². The Bertz CT molecular complexity index is 365. The number of carbonyl (C=O) groups is 1. The number of amides is 1. The highest BCUT2D eigenvalue weighted by Gasteiger charge is 2.16. The van der Waals surface area contributed by atoms with Crippen molar-refractivity contribution in [3.8, 4) is 6.07 Å². The quantitative estimate of drug-likeness (QED) is 0.854. The zero-order chi connectivity index (χ0) is 12.0. The van der Waals surface area contributed by atoms with Crippen molar-refractivity contribution >= 4 is 17.2 Å². The Morgan fingerprint density at radius 3 is 2.88 bits per heavy atom. The Labute approximate surface area is 100 Å². The summed E-state index contributed by atoms with van der Waals surface area (Å²) >= 11 is 1.52. The first-order chi connectivity index (χ1) is 7.63. The minimum absolute atomic E-state index is 0.0475. The lowest BCUT2D eigenvalue weighted by Crippen LogP contribution is -2.28. The zero-order valence-corrected chi connectivity index (χ0v) is 10.4. The molecule has 0 aliphatic carbocycles. The van der Waals surface area contributed by atoms with E-state index in [2.05, 4.69) is 11.4 Å². The minimum Gasteiger partial charge on any atom is -0.356 e. The van der Waals surface area contributed by atoms with E-state index < -0.39 is 0 Å². The van der Waals surface area contributed by atoms with Crippen molar-refractivity contribution in [3.05, 3.63) is 22.4 Å².